The van der Waals surface area contributed by atoms with Crippen molar-refractivity contribution in [3.05, 3.63) is 0 Å². The van der Waals surface area contributed by atoms with Gasteiger partial charge in [0.05, 0.1) is 6.10 Å². The number of rotatable bonds is 1. The number of fused-ring (bicyclic) bond motifs is 1. The first kappa shape index (κ1) is 11.0. The van der Waals surface area contributed by atoms with Gasteiger partial charge in [-0.1, -0.05) is 19.8 Å². The van der Waals surface area contributed by atoms with E-state index in [1.807, 2.05) is 0 Å². The first-order valence-corrected chi connectivity index (χ1v) is 7.24. The second kappa shape index (κ2) is 4.30. The van der Waals surface area contributed by atoms with E-state index in [2.05, 4.69) is 12.2 Å². The minimum Gasteiger partial charge on any atom is -0.357 e. The molecular formula is C14H25NO. The third-order valence-corrected chi connectivity index (χ3v) is 5.14. The van der Waals surface area contributed by atoms with Crippen LogP contribution in [-0.4, -0.2) is 18.4 Å². The molecule has 2 nitrogen and oxygen atoms in total. The van der Waals surface area contributed by atoms with Crippen molar-refractivity contribution in [1.29, 1.82) is 0 Å². The summed E-state index contributed by atoms with van der Waals surface area (Å²) in [5.74, 6) is 1.77. The van der Waals surface area contributed by atoms with Crippen molar-refractivity contribution in [1.82, 2.24) is 5.32 Å². The van der Waals surface area contributed by atoms with Gasteiger partial charge in [0.15, 0.2) is 0 Å². The highest BCUT2D eigenvalue weighted by atomic mass is 16.5. The molecular weight excluding hydrogens is 198 g/mol. The molecule has 2 heteroatoms. The highest BCUT2D eigenvalue weighted by Crippen LogP contribution is 2.41. The molecule has 0 aromatic heterocycles. The first-order chi connectivity index (χ1) is 7.81. The van der Waals surface area contributed by atoms with E-state index in [0.717, 1.165) is 11.8 Å². The second-order valence-electron chi connectivity index (χ2n) is 6.07. The first-order valence-electron chi connectivity index (χ1n) is 7.24. The Hall–Kier alpha value is -0.0800. The van der Waals surface area contributed by atoms with Crippen molar-refractivity contribution in [2.24, 2.45) is 11.8 Å². The van der Waals surface area contributed by atoms with E-state index >= 15 is 0 Å². The van der Waals surface area contributed by atoms with Gasteiger partial charge in [-0.3, -0.25) is 5.32 Å². The third-order valence-electron chi connectivity index (χ3n) is 5.14. The van der Waals surface area contributed by atoms with Crippen LogP contribution in [0.2, 0.25) is 0 Å². The van der Waals surface area contributed by atoms with Crippen LogP contribution in [0.3, 0.4) is 0 Å². The van der Waals surface area contributed by atoms with Crippen LogP contribution in [0.5, 0.6) is 0 Å². The van der Waals surface area contributed by atoms with Crippen molar-refractivity contribution in [2.75, 3.05) is 6.54 Å². The van der Waals surface area contributed by atoms with Gasteiger partial charge in [0, 0.05) is 6.54 Å². The third kappa shape index (κ3) is 1.91. The van der Waals surface area contributed by atoms with Crippen molar-refractivity contribution in [3.63, 3.8) is 0 Å². The zero-order valence-electron chi connectivity index (χ0n) is 10.5. The minimum atomic E-state index is 0.0805. The molecule has 1 heterocycles. The van der Waals surface area contributed by atoms with E-state index in [9.17, 15) is 0 Å². The summed E-state index contributed by atoms with van der Waals surface area (Å²) in [6.07, 6.45) is 11.2. The standard InChI is InChI=1S/C14H25NO/c1-2-11-6-8-14(9-7-11)15-10-12-4-3-5-13(12)16-14/h11-13,15H,2-10H2,1H3. The van der Waals surface area contributed by atoms with Gasteiger partial charge in [-0.2, -0.15) is 0 Å². The van der Waals surface area contributed by atoms with E-state index in [4.69, 9.17) is 4.74 Å². The number of hydrogen-bond acceptors (Lipinski definition) is 2. The van der Waals surface area contributed by atoms with Gasteiger partial charge >= 0.3 is 0 Å². The fourth-order valence-corrected chi connectivity index (χ4v) is 3.89. The summed E-state index contributed by atoms with van der Waals surface area (Å²) in [5, 5.41) is 3.73. The Bertz CT molecular complexity index is 245. The molecule has 3 fully saturated rings. The summed E-state index contributed by atoms with van der Waals surface area (Å²) in [5.41, 5.74) is 0.0805. The molecule has 3 aliphatic rings. The molecule has 0 bridgehead atoms. The molecule has 1 N–H and O–H groups in total. The maximum absolute atomic E-state index is 6.42. The molecule has 0 aromatic rings. The molecule has 2 unspecified atom stereocenters. The summed E-state index contributed by atoms with van der Waals surface area (Å²) in [7, 11) is 0. The molecule has 92 valence electrons. The summed E-state index contributed by atoms with van der Waals surface area (Å²) < 4.78 is 6.42. The fraction of sp³-hybridized carbons (Fsp3) is 1.00. The Balaban J connectivity index is 1.62. The molecule has 0 amide bonds. The van der Waals surface area contributed by atoms with Gasteiger partial charge in [0.25, 0.3) is 0 Å². The van der Waals surface area contributed by atoms with Crippen LogP contribution in [0.25, 0.3) is 0 Å². The van der Waals surface area contributed by atoms with Crippen molar-refractivity contribution >= 4 is 0 Å². The predicted octanol–water partition coefficient (Wildman–Crippen LogP) is 3.07. The predicted molar refractivity (Wildman–Crippen MR) is 65.2 cm³/mol. The average Bonchev–Trinajstić information content (AvgIpc) is 2.77. The SMILES string of the molecule is CCC1CCC2(CC1)NCC1CCCC1O2. The summed E-state index contributed by atoms with van der Waals surface area (Å²) in [6.45, 7) is 3.53. The Morgan fingerprint density at radius 1 is 1.19 bits per heavy atom. The highest BCUT2D eigenvalue weighted by molar-refractivity contribution is 4.94. The van der Waals surface area contributed by atoms with Crippen molar-refractivity contribution in [3.8, 4) is 0 Å². The minimum absolute atomic E-state index is 0.0805. The Labute approximate surface area is 99.1 Å². The largest absolute Gasteiger partial charge is 0.357 e. The van der Waals surface area contributed by atoms with Crippen LogP contribution >= 0.6 is 0 Å². The summed E-state index contributed by atoms with van der Waals surface area (Å²) in [4.78, 5) is 0. The van der Waals surface area contributed by atoms with Crippen molar-refractivity contribution < 1.29 is 4.74 Å². The number of nitrogens with one attached hydrogen (secondary N) is 1. The van der Waals surface area contributed by atoms with Crippen LogP contribution in [0, 0.1) is 11.8 Å². The van der Waals surface area contributed by atoms with E-state index in [-0.39, 0.29) is 5.72 Å². The van der Waals surface area contributed by atoms with Crippen LogP contribution in [-0.2, 0) is 4.74 Å². The van der Waals surface area contributed by atoms with Gasteiger partial charge in [0.1, 0.15) is 5.72 Å². The lowest BCUT2D eigenvalue weighted by molar-refractivity contribution is -0.176. The van der Waals surface area contributed by atoms with E-state index in [0.29, 0.717) is 6.10 Å². The van der Waals surface area contributed by atoms with Crippen LogP contribution in [0.4, 0.5) is 0 Å². The topological polar surface area (TPSA) is 21.3 Å². The maximum Gasteiger partial charge on any atom is 0.119 e. The second-order valence-corrected chi connectivity index (χ2v) is 6.07. The highest BCUT2D eigenvalue weighted by Gasteiger charge is 2.44. The molecule has 1 aliphatic heterocycles. The molecule has 1 saturated heterocycles. The monoisotopic (exact) mass is 223 g/mol. The molecule has 0 radical (unpaired) electrons. The molecule has 2 atom stereocenters. The number of hydrogen-bond donors (Lipinski definition) is 1. The van der Waals surface area contributed by atoms with Crippen molar-refractivity contribution in [2.45, 2.75) is 70.1 Å². The summed E-state index contributed by atoms with van der Waals surface area (Å²) >= 11 is 0. The molecule has 0 aromatic carbocycles. The summed E-state index contributed by atoms with van der Waals surface area (Å²) in [6, 6.07) is 0. The van der Waals surface area contributed by atoms with Gasteiger partial charge < -0.3 is 4.74 Å². The zero-order chi connectivity index (χ0) is 11.0. The normalized spacial score (nSPS) is 48.2. The Morgan fingerprint density at radius 3 is 2.75 bits per heavy atom. The van der Waals surface area contributed by atoms with E-state index in [1.54, 1.807) is 0 Å². The van der Waals surface area contributed by atoms with Crippen LogP contribution < -0.4 is 5.32 Å². The van der Waals surface area contributed by atoms with E-state index < -0.39 is 0 Å². The fourth-order valence-electron chi connectivity index (χ4n) is 3.89. The smallest absolute Gasteiger partial charge is 0.119 e. The molecule has 3 rings (SSSR count). The van der Waals surface area contributed by atoms with Gasteiger partial charge in [-0.15, -0.1) is 0 Å². The lowest BCUT2D eigenvalue weighted by atomic mass is 9.81. The van der Waals surface area contributed by atoms with Gasteiger partial charge in [0.2, 0.25) is 0 Å². The Morgan fingerprint density at radius 2 is 2.00 bits per heavy atom. The molecule has 16 heavy (non-hydrogen) atoms. The average molecular weight is 223 g/mol. The van der Waals surface area contributed by atoms with Gasteiger partial charge in [-0.05, 0) is 50.4 Å². The lowest BCUT2D eigenvalue weighted by Gasteiger charge is -2.47. The maximum atomic E-state index is 6.42. The lowest BCUT2D eigenvalue weighted by Crippen LogP contribution is -2.58. The molecule has 2 aliphatic carbocycles. The zero-order valence-corrected chi connectivity index (χ0v) is 10.5. The van der Waals surface area contributed by atoms with Crippen LogP contribution in [0.1, 0.15) is 58.3 Å². The van der Waals surface area contributed by atoms with E-state index in [1.165, 1.54) is 57.9 Å². The molecule has 1 spiro atoms. The van der Waals surface area contributed by atoms with Gasteiger partial charge in [-0.25, -0.2) is 0 Å². The molecule has 2 saturated carbocycles. The Kier molecular flexibility index (Phi) is 2.97. The van der Waals surface area contributed by atoms with Crippen LogP contribution in [0.15, 0.2) is 0 Å². The number of ether oxygens (including phenoxy) is 1. The quantitative estimate of drug-likeness (QED) is 0.737.